The number of rotatable bonds is 5. The maximum absolute atomic E-state index is 12.0. The van der Waals surface area contributed by atoms with Crippen LogP contribution in [-0.2, 0) is 0 Å². The third-order valence-corrected chi connectivity index (χ3v) is 6.19. The highest BCUT2D eigenvalue weighted by Crippen LogP contribution is 2.41. The van der Waals surface area contributed by atoms with Crippen LogP contribution in [0.5, 0.6) is 0 Å². The molecule has 1 amide bonds. The van der Waals surface area contributed by atoms with Gasteiger partial charge in [-0.15, -0.1) is 0 Å². The second kappa shape index (κ2) is 7.30. The summed E-state index contributed by atoms with van der Waals surface area (Å²) in [5.74, 6) is 0.676. The number of carbonyl (C=O) groups excluding carboxylic acids is 1. The number of amides is 1. The number of anilines is 1. The SMILES string of the molecule is CCC(CC)c1ccc(Cl)c2c1nc1n2C(c2ccc(Cl)cc2C(N)=O)CN1. The van der Waals surface area contributed by atoms with Crippen molar-refractivity contribution in [3.05, 3.63) is 57.1 Å². The Morgan fingerprint density at radius 3 is 2.71 bits per heavy atom. The molecule has 1 unspecified atom stereocenters. The highest BCUT2D eigenvalue weighted by Gasteiger charge is 2.31. The maximum atomic E-state index is 12.0. The van der Waals surface area contributed by atoms with Gasteiger partial charge in [-0.05, 0) is 48.1 Å². The number of carbonyl (C=O) groups is 1. The van der Waals surface area contributed by atoms with Crippen molar-refractivity contribution in [2.75, 3.05) is 11.9 Å². The number of hydrogen-bond acceptors (Lipinski definition) is 3. The standard InChI is InChI=1S/C21H22Cl2N4O/c1-3-11(4-2)13-7-8-16(23)19-18(13)26-21-25-10-17(27(19)21)14-6-5-12(22)9-15(14)20(24)28/h5-9,11,17H,3-4,10H2,1-2H3,(H2,24,28)(H,25,26). The summed E-state index contributed by atoms with van der Waals surface area (Å²) in [6.07, 6.45) is 2.07. The zero-order chi connectivity index (χ0) is 20.0. The number of aromatic nitrogens is 2. The first-order valence-corrected chi connectivity index (χ1v) is 10.2. The molecule has 0 saturated carbocycles. The average Bonchev–Trinajstić information content (AvgIpc) is 3.24. The second-order valence-corrected chi connectivity index (χ2v) is 7.99. The van der Waals surface area contributed by atoms with E-state index < -0.39 is 5.91 Å². The molecule has 5 nitrogen and oxygen atoms in total. The van der Waals surface area contributed by atoms with E-state index in [9.17, 15) is 4.79 Å². The third kappa shape index (κ3) is 2.93. The molecule has 2 heterocycles. The van der Waals surface area contributed by atoms with Crippen LogP contribution in [0.25, 0.3) is 11.0 Å². The summed E-state index contributed by atoms with van der Waals surface area (Å²) in [5.41, 5.74) is 9.87. The highest BCUT2D eigenvalue weighted by atomic mass is 35.5. The fourth-order valence-corrected chi connectivity index (χ4v) is 4.65. The number of nitrogens with two attached hydrogens (primary N) is 1. The molecule has 0 fully saturated rings. The molecule has 4 rings (SSSR count). The van der Waals surface area contributed by atoms with E-state index in [1.165, 1.54) is 5.56 Å². The van der Waals surface area contributed by atoms with Gasteiger partial charge in [0.1, 0.15) is 0 Å². The van der Waals surface area contributed by atoms with Crippen LogP contribution in [0.3, 0.4) is 0 Å². The Kier molecular flexibility index (Phi) is 4.98. The summed E-state index contributed by atoms with van der Waals surface area (Å²) >= 11 is 12.7. The van der Waals surface area contributed by atoms with Crippen LogP contribution in [0.2, 0.25) is 10.0 Å². The van der Waals surface area contributed by atoms with E-state index in [1.807, 2.05) is 12.1 Å². The zero-order valence-corrected chi connectivity index (χ0v) is 17.3. The van der Waals surface area contributed by atoms with Crippen LogP contribution in [0, 0.1) is 0 Å². The number of nitrogens with one attached hydrogen (secondary N) is 1. The average molecular weight is 417 g/mol. The highest BCUT2D eigenvalue weighted by molar-refractivity contribution is 6.35. The summed E-state index contributed by atoms with van der Waals surface area (Å²) in [6, 6.07) is 9.13. The molecule has 0 spiro atoms. The molecule has 2 aromatic carbocycles. The van der Waals surface area contributed by atoms with Gasteiger partial charge >= 0.3 is 0 Å². The Morgan fingerprint density at radius 1 is 1.29 bits per heavy atom. The fraction of sp³-hybridized carbons (Fsp3) is 0.333. The van der Waals surface area contributed by atoms with Gasteiger partial charge in [-0.2, -0.15) is 0 Å². The minimum Gasteiger partial charge on any atom is -0.366 e. The van der Waals surface area contributed by atoms with Crippen molar-refractivity contribution >= 4 is 46.1 Å². The van der Waals surface area contributed by atoms with E-state index in [0.717, 1.165) is 35.4 Å². The molecule has 28 heavy (non-hydrogen) atoms. The Balaban J connectivity index is 1.94. The Bertz CT molecular complexity index is 1070. The first-order valence-electron chi connectivity index (χ1n) is 9.49. The van der Waals surface area contributed by atoms with Gasteiger partial charge < -0.3 is 11.1 Å². The molecule has 146 valence electrons. The molecule has 3 aromatic rings. The molecule has 0 bridgehead atoms. The van der Waals surface area contributed by atoms with E-state index in [-0.39, 0.29) is 6.04 Å². The van der Waals surface area contributed by atoms with Crippen molar-refractivity contribution in [2.24, 2.45) is 5.73 Å². The molecule has 7 heteroatoms. The number of halogens is 2. The monoisotopic (exact) mass is 416 g/mol. The molecular weight excluding hydrogens is 395 g/mol. The summed E-state index contributed by atoms with van der Waals surface area (Å²) in [7, 11) is 0. The van der Waals surface area contributed by atoms with Gasteiger partial charge in [0.2, 0.25) is 11.9 Å². The third-order valence-electron chi connectivity index (χ3n) is 5.65. The van der Waals surface area contributed by atoms with Gasteiger partial charge in [-0.3, -0.25) is 9.36 Å². The van der Waals surface area contributed by atoms with Crippen molar-refractivity contribution in [1.29, 1.82) is 0 Å². The Morgan fingerprint density at radius 2 is 2.04 bits per heavy atom. The largest absolute Gasteiger partial charge is 0.366 e. The van der Waals surface area contributed by atoms with Crippen LogP contribution < -0.4 is 11.1 Å². The predicted molar refractivity (Wildman–Crippen MR) is 115 cm³/mol. The molecule has 0 saturated heterocycles. The number of nitrogens with zero attached hydrogens (tertiary/aromatic N) is 2. The molecule has 0 radical (unpaired) electrons. The van der Waals surface area contributed by atoms with Crippen molar-refractivity contribution < 1.29 is 4.79 Å². The van der Waals surface area contributed by atoms with E-state index in [0.29, 0.717) is 28.1 Å². The lowest BCUT2D eigenvalue weighted by Gasteiger charge is -2.19. The van der Waals surface area contributed by atoms with Crippen molar-refractivity contribution in [3.8, 4) is 0 Å². The summed E-state index contributed by atoms with van der Waals surface area (Å²) in [4.78, 5) is 16.9. The predicted octanol–water partition coefficient (Wildman–Crippen LogP) is 5.36. The van der Waals surface area contributed by atoms with Gasteiger partial charge in [-0.1, -0.05) is 49.2 Å². The van der Waals surface area contributed by atoms with Gasteiger partial charge in [0, 0.05) is 17.1 Å². The van der Waals surface area contributed by atoms with Crippen molar-refractivity contribution in [1.82, 2.24) is 9.55 Å². The lowest BCUT2D eigenvalue weighted by Crippen LogP contribution is -2.19. The normalized spacial score (nSPS) is 15.8. The topological polar surface area (TPSA) is 72.9 Å². The smallest absolute Gasteiger partial charge is 0.249 e. The molecule has 3 N–H and O–H groups in total. The van der Waals surface area contributed by atoms with Gasteiger partial charge in [-0.25, -0.2) is 4.98 Å². The maximum Gasteiger partial charge on any atom is 0.249 e. The van der Waals surface area contributed by atoms with Crippen LogP contribution in [0.1, 0.15) is 60.1 Å². The molecule has 1 aliphatic rings. The van der Waals surface area contributed by atoms with E-state index >= 15 is 0 Å². The summed E-state index contributed by atoms with van der Waals surface area (Å²) < 4.78 is 2.08. The first-order chi connectivity index (χ1) is 13.5. The quantitative estimate of drug-likeness (QED) is 0.587. The Hall–Kier alpha value is -2.24. The van der Waals surface area contributed by atoms with Gasteiger partial charge in [0.15, 0.2) is 0 Å². The molecular formula is C21H22Cl2N4O. The van der Waals surface area contributed by atoms with E-state index in [4.69, 9.17) is 33.9 Å². The Labute approximate surface area is 173 Å². The first kappa shape index (κ1) is 19.1. The number of imidazole rings is 1. The van der Waals surface area contributed by atoms with Gasteiger partial charge in [0.25, 0.3) is 0 Å². The molecule has 0 aliphatic carbocycles. The van der Waals surface area contributed by atoms with Crippen LogP contribution in [0.4, 0.5) is 5.95 Å². The van der Waals surface area contributed by atoms with Crippen LogP contribution >= 0.6 is 23.2 Å². The zero-order valence-electron chi connectivity index (χ0n) is 15.8. The summed E-state index contributed by atoms with van der Waals surface area (Å²) in [5, 5.41) is 4.48. The number of fused-ring (bicyclic) bond motifs is 3. The van der Waals surface area contributed by atoms with Crippen molar-refractivity contribution in [2.45, 2.75) is 38.6 Å². The lowest BCUT2D eigenvalue weighted by atomic mass is 9.93. The molecule has 1 atom stereocenters. The minimum absolute atomic E-state index is 0.144. The molecule has 1 aromatic heterocycles. The number of hydrogen-bond donors (Lipinski definition) is 2. The van der Waals surface area contributed by atoms with E-state index in [1.54, 1.807) is 12.1 Å². The molecule has 1 aliphatic heterocycles. The van der Waals surface area contributed by atoms with Crippen molar-refractivity contribution in [3.63, 3.8) is 0 Å². The van der Waals surface area contributed by atoms with Gasteiger partial charge in [0.05, 0.1) is 22.1 Å². The van der Waals surface area contributed by atoms with Crippen LogP contribution in [-0.4, -0.2) is 22.0 Å². The fourth-order valence-electron chi connectivity index (χ4n) is 4.23. The number of benzene rings is 2. The van der Waals surface area contributed by atoms with E-state index in [2.05, 4.69) is 29.8 Å². The summed E-state index contributed by atoms with van der Waals surface area (Å²) in [6.45, 7) is 4.98. The van der Waals surface area contributed by atoms with Crippen LogP contribution in [0.15, 0.2) is 30.3 Å². The minimum atomic E-state index is -0.501. The second-order valence-electron chi connectivity index (χ2n) is 7.15. The lowest BCUT2D eigenvalue weighted by molar-refractivity contribution is 0.0999. The number of primary amides is 1.